The number of thiophene rings is 1. The minimum atomic E-state index is 0.459. The fourth-order valence-electron chi connectivity index (χ4n) is 1.95. The van der Waals surface area contributed by atoms with Crippen molar-refractivity contribution in [1.82, 2.24) is 15.4 Å². The smallest absolute Gasteiger partial charge is 0.151 e. The second-order valence-electron chi connectivity index (χ2n) is 5.20. The van der Waals surface area contributed by atoms with Crippen LogP contribution in [-0.4, -0.2) is 22.6 Å². The zero-order chi connectivity index (χ0) is 14.4. The predicted molar refractivity (Wildman–Crippen MR) is 82.6 cm³/mol. The van der Waals surface area contributed by atoms with Crippen LogP contribution in [0, 0.1) is 0 Å². The van der Waals surface area contributed by atoms with Gasteiger partial charge in [-0.2, -0.15) is 0 Å². The minimum Gasteiger partial charge on any atom is -0.360 e. The molecule has 4 nitrogen and oxygen atoms in total. The normalized spacial score (nSPS) is 11.7. The van der Waals surface area contributed by atoms with Gasteiger partial charge in [0.1, 0.15) is 0 Å². The molecule has 0 aliphatic carbocycles. The highest BCUT2D eigenvalue weighted by Crippen LogP contribution is 2.14. The van der Waals surface area contributed by atoms with Crippen LogP contribution >= 0.6 is 11.3 Å². The van der Waals surface area contributed by atoms with E-state index in [1.165, 1.54) is 4.88 Å². The van der Waals surface area contributed by atoms with Gasteiger partial charge in [0.05, 0.1) is 12.2 Å². The Morgan fingerprint density at radius 2 is 2.25 bits per heavy atom. The maximum absolute atomic E-state index is 5.42. The van der Waals surface area contributed by atoms with E-state index in [1.54, 1.807) is 11.3 Å². The third kappa shape index (κ3) is 4.74. The molecule has 0 aliphatic rings. The molecule has 0 atom stereocenters. The summed E-state index contributed by atoms with van der Waals surface area (Å²) in [5.74, 6) is 0.934. The van der Waals surface area contributed by atoms with E-state index in [9.17, 15) is 0 Å². The standard InChI is InChI=1S/C15H23N3OS/c1-4-18(11-15-6-5-7-20-15)10-14-8-13(17-19-14)9-16-12(2)3/h5-8,12,16H,4,9-11H2,1-3H3. The van der Waals surface area contributed by atoms with Crippen LogP contribution in [0.15, 0.2) is 28.1 Å². The Kier molecular flexibility index (Phi) is 5.76. The molecule has 2 aromatic heterocycles. The molecule has 2 heterocycles. The van der Waals surface area contributed by atoms with E-state index >= 15 is 0 Å². The van der Waals surface area contributed by atoms with Crippen LogP contribution in [0.3, 0.4) is 0 Å². The monoisotopic (exact) mass is 293 g/mol. The maximum Gasteiger partial charge on any atom is 0.151 e. The van der Waals surface area contributed by atoms with Crippen molar-refractivity contribution in [3.8, 4) is 0 Å². The molecule has 0 amide bonds. The topological polar surface area (TPSA) is 41.3 Å². The molecule has 0 saturated carbocycles. The Morgan fingerprint density at radius 3 is 2.90 bits per heavy atom. The zero-order valence-electron chi connectivity index (χ0n) is 12.4. The van der Waals surface area contributed by atoms with Gasteiger partial charge in [-0.3, -0.25) is 4.90 Å². The van der Waals surface area contributed by atoms with Gasteiger partial charge >= 0.3 is 0 Å². The average Bonchev–Trinajstić information content (AvgIpc) is 3.07. The van der Waals surface area contributed by atoms with Crippen molar-refractivity contribution in [3.63, 3.8) is 0 Å². The quantitative estimate of drug-likeness (QED) is 0.811. The zero-order valence-corrected chi connectivity index (χ0v) is 13.2. The van der Waals surface area contributed by atoms with Gasteiger partial charge in [-0.15, -0.1) is 11.3 Å². The first-order chi connectivity index (χ1) is 9.67. The molecule has 0 spiro atoms. The molecule has 2 rings (SSSR count). The molecule has 2 aromatic rings. The van der Waals surface area contributed by atoms with Crippen molar-refractivity contribution >= 4 is 11.3 Å². The van der Waals surface area contributed by atoms with Crippen LogP contribution in [0.1, 0.15) is 37.1 Å². The van der Waals surface area contributed by atoms with Crippen LogP contribution < -0.4 is 5.32 Å². The molecule has 110 valence electrons. The summed E-state index contributed by atoms with van der Waals surface area (Å²) in [5, 5.41) is 9.57. The summed E-state index contributed by atoms with van der Waals surface area (Å²) in [6.45, 7) is 9.96. The van der Waals surface area contributed by atoms with Crippen molar-refractivity contribution < 1.29 is 4.52 Å². The minimum absolute atomic E-state index is 0.459. The first kappa shape index (κ1) is 15.2. The highest BCUT2D eigenvalue weighted by Gasteiger charge is 2.10. The third-order valence-electron chi connectivity index (χ3n) is 3.09. The summed E-state index contributed by atoms with van der Waals surface area (Å²) in [7, 11) is 0. The summed E-state index contributed by atoms with van der Waals surface area (Å²) in [6, 6.07) is 6.77. The summed E-state index contributed by atoms with van der Waals surface area (Å²) in [6.07, 6.45) is 0. The largest absolute Gasteiger partial charge is 0.360 e. The van der Waals surface area contributed by atoms with Gasteiger partial charge in [0, 0.05) is 30.1 Å². The van der Waals surface area contributed by atoms with Crippen molar-refractivity contribution in [2.45, 2.75) is 46.4 Å². The Bertz CT molecular complexity index is 493. The molecule has 0 aliphatic heterocycles. The molecular formula is C15H23N3OS. The Hall–Kier alpha value is -1.17. The first-order valence-electron chi connectivity index (χ1n) is 7.10. The van der Waals surface area contributed by atoms with Gasteiger partial charge in [-0.1, -0.05) is 32.0 Å². The Labute approximate surface area is 124 Å². The number of hydrogen-bond donors (Lipinski definition) is 1. The van der Waals surface area contributed by atoms with Gasteiger partial charge in [0.2, 0.25) is 0 Å². The second-order valence-corrected chi connectivity index (χ2v) is 6.24. The van der Waals surface area contributed by atoms with Crippen LogP contribution in [-0.2, 0) is 19.6 Å². The number of aromatic nitrogens is 1. The molecule has 0 radical (unpaired) electrons. The fraction of sp³-hybridized carbons (Fsp3) is 0.533. The summed E-state index contributed by atoms with van der Waals surface area (Å²) in [5.41, 5.74) is 0.973. The van der Waals surface area contributed by atoms with E-state index < -0.39 is 0 Å². The lowest BCUT2D eigenvalue weighted by atomic mass is 10.3. The van der Waals surface area contributed by atoms with E-state index in [4.69, 9.17) is 4.52 Å². The molecule has 0 fully saturated rings. The average molecular weight is 293 g/mol. The van der Waals surface area contributed by atoms with Crippen LogP contribution in [0.2, 0.25) is 0 Å². The maximum atomic E-state index is 5.42. The second kappa shape index (κ2) is 7.57. The number of nitrogens with one attached hydrogen (secondary N) is 1. The number of hydrogen-bond acceptors (Lipinski definition) is 5. The van der Waals surface area contributed by atoms with Crippen LogP contribution in [0.25, 0.3) is 0 Å². The van der Waals surface area contributed by atoms with Crippen molar-refractivity contribution in [3.05, 3.63) is 39.9 Å². The fourth-order valence-corrected chi connectivity index (χ4v) is 2.69. The Morgan fingerprint density at radius 1 is 1.40 bits per heavy atom. The summed E-state index contributed by atoms with van der Waals surface area (Å²) < 4.78 is 5.42. The van der Waals surface area contributed by atoms with Crippen molar-refractivity contribution in [1.29, 1.82) is 0 Å². The van der Waals surface area contributed by atoms with Gasteiger partial charge in [0.15, 0.2) is 5.76 Å². The number of nitrogens with zero attached hydrogens (tertiary/aromatic N) is 2. The molecule has 0 unspecified atom stereocenters. The van der Waals surface area contributed by atoms with Crippen molar-refractivity contribution in [2.24, 2.45) is 0 Å². The lowest BCUT2D eigenvalue weighted by Crippen LogP contribution is -2.22. The molecule has 20 heavy (non-hydrogen) atoms. The molecule has 5 heteroatoms. The van der Waals surface area contributed by atoms with Gasteiger partial charge in [0.25, 0.3) is 0 Å². The van der Waals surface area contributed by atoms with Crippen LogP contribution in [0.5, 0.6) is 0 Å². The third-order valence-corrected chi connectivity index (χ3v) is 3.95. The molecule has 0 bridgehead atoms. The van der Waals surface area contributed by atoms with Gasteiger partial charge in [-0.25, -0.2) is 0 Å². The molecule has 1 N–H and O–H groups in total. The summed E-state index contributed by atoms with van der Waals surface area (Å²) >= 11 is 1.80. The lowest BCUT2D eigenvalue weighted by Gasteiger charge is -2.17. The van der Waals surface area contributed by atoms with E-state index in [1.807, 2.05) is 6.07 Å². The van der Waals surface area contributed by atoms with Gasteiger partial charge < -0.3 is 9.84 Å². The van der Waals surface area contributed by atoms with Crippen LogP contribution in [0.4, 0.5) is 0 Å². The highest BCUT2D eigenvalue weighted by molar-refractivity contribution is 7.09. The SMILES string of the molecule is CCN(Cc1cc(CNC(C)C)no1)Cc1cccs1. The molecule has 0 saturated heterocycles. The van der Waals surface area contributed by atoms with E-state index in [0.29, 0.717) is 6.04 Å². The first-order valence-corrected chi connectivity index (χ1v) is 7.98. The summed E-state index contributed by atoms with van der Waals surface area (Å²) in [4.78, 5) is 3.74. The van der Waals surface area contributed by atoms with E-state index in [-0.39, 0.29) is 0 Å². The highest BCUT2D eigenvalue weighted by atomic mass is 32.1. The molecular weight excluding hydrogens is 270 g/mol. The van der Waals surface area contributed by atoms with Crippen molar-refractivity contribution in [2.75, 3.05) is 6.54 Å². The van der Waals surface area contributed by atoms with E-state index in [2.05, 4.69) is 53.7 Å². The predicted octanol–water partition coefficient (Wildman–Crippen LogP) is 3.26. The van der Waals surface area contributed by atoms with E-state index in [0.717, 1.165) is 37.6 Å². The van der Waals surface area contributed by atoms with Gasteiger partial charge in [-0.05, 0) is 18.0 Å². The molecule has 0 aromatic carbocycles. The lowest BCUT2D eigenvalue weighted by molar-refractivity contribution is 0.235. The Balaban J connectivity index is 1.87. The number of rotatable bonds is 8.